The van der Waals surface area contributed by atoms with Crippen LogP contribution in [0, 0.1) is 5.82 Å². The van der Waals surface area contributed by atoms with Crippen LogP contribution in [0.2, 0.25) is 0 Å². The second kappa shape index (κ2) is 4.17. The lowest BCUT2D eigenvalue weighted by atomic mass is 10.1. The van der Waals surface area contributed by atoms with Gasteiger partial charge in [0.05, 0.1) is 12.7 Å². The van der Waals surface area contributed by atoms with E-state index in [0.29, 0.717) is 0 Å². The Labute approximate surface area is 80.5 Å². The number of carbonyl (C=O) groups excluding carboxylic acids is 1. The van der Waals surface area contributed by atoms with Gasteiger partial charge < -0.3 is 4.74 Å². The van der Waals surface area contributed by atoms with Crippen molar-refractivity contribution in [3.63, 3.8) is 0 Å². The van der Waals surface area contributed by atoms with E-state index in [2.05, 4.69) is 4.74 Å². The molecule has 0 N–H and O–H groups in total. The van der Waals surface area contributed by atoms with Gasteiger partial charge in [-0.2, -0.15) is 0 Å². The highest BCUT2D eigenvalue weighted by Gasteiger charge is 2.20. The van der Waals surface area contributed by atoms with Gasteiger partial charge in [0, 0.05) is 0 Å². The molecule has 4 heteroatoms. The summed E-state index contributed by atoms with van der Waals surface area (Å²) in [7, 11) is 1.23. The van der Waals surface area contributed by atoms with Crippen LogP contribution in [-0.4, -0.2) is 19.1 Å². The van der Waals surface area contributed by atoms with Crippen molar-refractivity contribution in [2.75, 3.05) is 7.11 Å². The summed E-state index contributed by atoms with van der Waals surface area (Å²) in [5.41, 5.74) is -0.0671. The highest BCUT2D eigenvalue weighted by Crippen LogP contribution is 2.23. The Morgan fingerprint density at radius 2 is 2.14 bits per heavy atom. The summed E-state index contributed by atoms with van der Waals surface area (Å²) >= 11 is 0. The third-order valence-electron chi connectivity index (χ3n) is 1.80. The zero-order valence-electron chi connectivity index (χ0n) is 7.88. The fourth-order valence-electron chi connectivity index (χ4n) is 1.12. The van der Waals surface area contributed by atoms with Crippen molar-refractivity contribution in [3.05, 3.63) is 29.6 Å². The summed E-state index contributed by atoms with van der Waals surface area (Å²) in [6, 6.07) is 3.83. The fourth-order valence-corrected chi connectivity index (χ4v) is 1.12. The van der Waals surface area contributed by atoms with E-state index in [0.717, 1.165) is 13.0 Å². The lowest BCUT2D eigenvalue weighted by Crippen LogP contribution is -2.13. The monoisotopic (exact) mass is 200 g/mol. The molecule has 0 aliphatic carbocycles. The van der Waals surface area contributed by atoms with Gasteiger partial charge in [-0.05, 0) is 19.1 Å². The van der Waals surface area contributed by atoms with E-state index in [4.69, 9.17) is 0 Å². The summed E-state index contributed by atoms with van der Waals surface area (Å²) in [6.45, 7) is 1.10. The van der Waals surface area contributed by atoms with Crippen molar-refractivity contribution in [1.82, 2.24) is 0 Å². The predicted octanol–water partition coefficient (Wildman–Crippen LogP) is 2.38. The molecule has 0 amide bonds. The van der Waals surface area contributed by atoms with E-state index in [1.165, 1.54) is 19.2 Å². The van der Waals surface area contributed by atoms with Crippen LogP contribution in [0.5, 0.6) is 5.75 Å². The van der Waals surface area contributed by atoms with Crippen LogP contribution in [0.3, 0.4) is 0 Å². The van der Waals surface area contributed by atoms with E-state index >= 15 is 0 Å². The molecular weight excluding hydrogens is 190 g/mol. The minimum absolute atomic E-state index is 0.0671. The van der Waals surface area contributed by atoms with Crippen LogP contribution in [0.1, 0.15) is 17.3 Å². The van der Waals surface area contributed by atoms with E-state index in [1.54, 1.807) is 0 Å². The average Bonchev–Trinajstić information content (AvgIpc) is 2.16. The molecule has 1 aromatic rings. The minimum atomic E-state index is -1.66. The van der Waals surface area contributed by atoms with Crippen molar-refractivity contribution in [3.8, 4) is 5.75 Å². The third-order valence-corrected chi connectivity index (χ3v) is 1.80. The molecule has 1 atom stereocenters. The number of carbonyl (C=O) groups is 1. The van der Waals surface area contributed by atoms with Crippen molar-refractivity contribution in [2.24, 2.45) is 0 Å². The first-order chi connectivity index (χ1) is 6.57. The molecule has 0 fully saturated rings. The fraction of sp³-hybridized carbons (Fsp3) is 0.300. The zero-order chi connectivity index (χ0) is 10.7. The average molecular weight is 200 g/mol. The van der Waals surface area contributed by atoms with Gasteiger partial charge >= 0.3 is 0 Å². The van der Waals surface area contributed by atoms with Crippen LogP contribution < -0.4 is 4.74 Å². The number of Topliss-reactive ketones (excluding diaryl/α,β-unsaturated/α-hetero) is 1. The Hall–Kier alpha value is -1.45. The molecule has 0 heterocycles. The summed E-state index contributed by atoms with van der Waals surface area (Å²) in [5, 5.41) is 0. The molecule has 14 heavy (non-hydrogen) atoms. The van der Waals surface area contributed by atoms with Gasteiger partial charge in [-0.3, -0.25) is 4.79 Å². The van der Waals surface area contributed by atoms with Gasteiger partial charge in [0.1, 0.15) is 0 Å². The van der Waals surface area contributed by atoms with E-state index in [-0.39, 0.29) is 11.3 Å². The minimum Gasteiger partial charge on any atom is -0.493 e. The molecule has 76 valence electrons. The topological polar surface area (TPSA) is 26.3 Å². The maximum absolute atomic E-state index is 13.1. The van der Waals surface area contributed by atoms with Crippen LogP contribution in [0.25, 0.3) is 0 Å². The molecule has 0 aliphatic heterocycles. The summed E-state index contributed by atoms with van der Waals surface area (Å²) in [6.07, 6.45) is -1.66. The largest absolute Gasteiger partial charge is 0.493 e. The number of benzene rings is 1. The molecule has 1 rings (SSSR count). The second-order valence-electron chi connectivity index (χ2n) is 2.80. The predicted molar refractivity (Wildman–Crippen MR) is 47.9 cm³/mol. The lowest BCUT2D eigenvalue weighted by Gasteiger charge is -2.08. The smallest absolute Gasteiger partial charge is 0.200 e. The first-order valence-electron chi connectivity index (χ1n) is 4.08. The highest BCUT2D eigenvalue weighted by atomic mass is 19.1. The maximum atomic E-state index is 13.1. The quantitative estimate of drug-likeness (QED) is 0.700. The lowest BCUT2D eigenvalue weighted by molar-refractivity contribution is 0.0889. The molecule has 0 bridgehead atoms. The molecule has 0 aliphatic rings. The van der Waals surface area contributed by atoms with E-state index in [9.17, 15) is 13.6 Å². The Morgan fingerprint density at radius 3 is 2.64 bits per heavy atom. The molecule has 2 nitrogen and oxygen atoms in total. The SMILES string of the molecule is COc1c(F)cccc1C(=O)C(C)F. The van der Waals surface area contributed by atoms with Gasteiger partial charge in [0.15, 0.2) is 23.5 Å². The van der Waals surface area contributed by atoms with Crippen LogP contribution in [0.15, 0.2) is 18.2 Å². The standard InChI is InChI=1S/C10H10F2O2/c1-6(11)9(13)7-4-3-5-8(12)10(7)14-2/h3-6H,1-2H3. The number of hydrogen-bond donors (Lipinski definition) is 0. The van der Waals surface area contributed by atoms with E-state index in [1.807, 2.05) is 0 Å². The maximum Gasteiger partial charge on any atom is 0.200 e. The number of halogens is 2. The van der Waals surface area contributed by atoms with Crippen LogP contribution in [0.4, 0.5) is 8.78 Å². The van der Waals surface area contributed by atoms with Gasteiger partial charge in [0.25, 0.3) is 0 Å². The number of alkyl halides is 1. The first-order valence-corrected chi connectivity index (χ1v) is 4.08. The third kappa shape index (κ3) is 1.89. The van der Waals surface area contributed by atoms with Gasteiger partial charge in [-0.1, -0.05) is 6.07 Å². The molecule has 1 unspecified atom stereocenters. The van der Waals surface area contributed by atoms with Crippen molar-refractivity contribution in [1.29, 1.82) is 0 Å². The number of para-hydroxylation sites is 1. The Balaban J connectivity index is 3.20. The first kappa shape index (κ1) is 10.6. The second-order valence-corrected chi connectivity index (χ2v) is 2.80. The summed E-state index contributed by atoms with van der Waals surface area (Å²) < 4.78 is 30.5. The number of rotatable bonds is 3. The number of ketones is 1. The normalized spacial score (nSPS) is 12.3. The van der Waals surface area contributed by atoms with Crippen LogP contribution >= 0.6 is 0 Å². The van der Waals surface area contributed by atoms with E-state index < -0.39 is 17.8 Å². The molecule has 0 saturated carbocycles. The number of methoxy groups -OCH3 is 1. The van der Waals surface area contributed by atoms with Crippen LogP contribution in [-0.2, 0) is 0 Å². The number of ether oxygens (including phenoxy) is 1. The summed E-state index contributed by atoms with van der Waals surface area (Å²) in [5.74, 6) is -1.65. The summed E-state index contributed by atoms with van der Waals surface area (Å²) in [4.78, 5) is 11.3. The molecule has 1 aromatic carbocycles. The molecule has 0 aromatic heterocycles. The number of hydrogen-bond acceptors (Lipinski definition) is 2. The molecule has 0 radical (unpaired) electrons. The molecule has 0 saturated heterocycles. The van der Waals surface area contributed by atoms with Crippen molar-refractivity contribution < 1.29 is 18.3 Å². The van der Waals surface area contributed by atoms with Gasteiger partial charge in [0.2, 0.25) is 0 Å². The zero-order valence-corrected chi connectivity index (χ0v) is 7.88. The van der Waals surface area contributed by atoms with Gasteiger partial charge in [-0.25, -0.2) is 8.78 Å². The Kier molecular flexibility index (Phi) is 3.17. The highest BCUT2D eigenvalue weighted by molar-refractivity contribution is 6.01. The molecule has 0 spiro atoms. The van der Waals surface area contributed by atoms with Crippen molar-refractivity contribution >= 4 is 5.78 Å². The Bertz CT molecular complexity index is 348. The Morgan fingerprint density at radius 1 is 1.50 bits per heavy atom. The van der Waals surface area contributed by atoms with Gasteiger partial charge in [-0.15, -0.1) is 0 Å². The molecular formula is C10H10F2O2. The van der Waals surface area contributed by atoms with Crippen molar-refractivity contribution in [2.45, 2.75) is 13.1 Å².